The highest BCUT2D eigenvalue weighted by molar-refractivity contribution is 5.64. The molecule has 1 aromatic heterocycles. The molecule has 0 unspecified atom stereocenters. The molecule has 0 amide bonds. The molecule has 2 rings (SSSR count). The van der Waals surface area contributed by atoms with Crippen molar-refractivity contribution in [3.63, 3.8) is 0 Å². The number of H-pyrrole nitrogens is 1. The van der Waals surface area contributed by atoms with Gasteiger partial charge in [0.1, 0.15) is 5.82 Å². The Morgan fingerprint density at radius 1 is 1.05 bits per heavy atom. The van der Waals surface area contributed by atoms with Gasteiger partial charge in [-0.15, -0.1) is 0 Å². The second-order valence-electron chi connectivity index (χ2n) is 5.46. The van der Waals surface area contributed by atoms with Gasteiger partial charge in [0.2, 0.25) is 0 Å². The van der Waals surface area contributed by atoms with E-state index in [0.29, 0.717) is 5.56 Å². The SMILES string of the molecule is Cc1cc(C)cc(-c2nc(C(C)C)[nH]c(=O)c2C)c1. The summed E-state index contributed by atoms with van der Waals surface area (Å²) in [6.45, 7) is 9.99. The molecule has 0 saturated heterocycles. The molecular weight excluding hydrogens is 236 g/mol. The molecule has 1 heterocycles. The summed E-state index contributed by atoms with van der Waals surface area (Å²) in [5.41, 5.74) is 4.80. The maximum atomic E-state index is 12.0. The standard InChI is InChI=1S/C16H20N2O/c1-9(2)15-17-14(12(5)16(19)18-15)13-7-10(3)6-11(4)8-13/h6-9H,1-5H3,(H,17,18,19). The van der Waals surface area contributed by atoms with Crippen LogP contribution in [0.15, 0.2) is 23.0 Å². The lowest BCUT2D eigenvalue weighted by Crippen LogP contribution is -2.17. The van der Waals surface area contributed by atoms with Crippen LogP contribution in [0.4, 0.5) is 0 Å². The van der Waals surface area contributed by atoms with Crippen molar-refractivity contribution < 1.29 is 0 Å². The average Bonchev–Trinajstić information content (AvgIpc) is 2.30. The fourth-order valence-electron chi connectivity index (χ4n) is 2.22. The predicted octanol–water partition coefficient (Wildman–Crippen LogP) is 3.49. The first-order valence-corrected chi connectivity index (χ1v) is 6.58. The summed E-state index contributed by atoms with van der Waals surface area (Å²) in [5, 5.41) is 0. The van der Waals surface area contributed by atoms with Gasteiger partial charge in [-0.2, -0.15) is 0 Å². The van der Waals surface area contributed by atoms with Crippen LogP contribution in [-0.2, 0) is 0 Å². The summed E-state index contributed by atoms with van der Waals surface area (Å²) in [6.07, 6.45) is 0. The van der Waals surface area contributed by atoms with E-state index in [-0.39, 0.29) is 11.5 Å². The Hall–Kier alpha value is -1.90. The third-order valence-corrected chi connectivity index (χ3v) is 3.21. The van der Waals surface area contributed by atoms with Crippen molar-refractivity contribution in [2.45, 2.75) is 40.5 Å². The van der Waals surface area contributed by atoms with Gasteiger partial charge >= 0.3 is 0 Å². The molecule has 0 aliphatic carbocycles. The Morgan fingerprint density at radius 2 is 1.63 bits per heavy atom. The van der Waals surface area contributed by atoms with Crippen LogP contribution in [0.5, 0.6) is 0 Å². The minimum absolute atomic E-state index is 0.0483. The monoisotopic (exact) mass is 256 g/mol. The van der Waals surface area contributed by atoms with E-state index >= 15 is 0 Å². The molecule has 0 saturated carbocycles. The predicted molar refractivity (Wildman–Crippen MR) is 78.6 cm³/mol. The van der Waals surface area contributed by atoms with E-state index in [1.54, 1.807) is 0 Å². The molecule has 1 N–H and O–H groups in total. The van der Waals surface area contributed by atoms with Gasteiger partial charge in [-0.25, -0.2) is 4.98 Å². The third kappa shape index (κ3) is 2.75. The van der Waals surface area contributed by atoms with E-state index in [4.69, 9.17) is 0 Å². The van der Waals surface area contributed by atoms with Crippen molar-refractivity contribution >= 4 is 0 Å². The van der Waals surface area contributed by atoms with Crippen LogP contribution in [0.3, 0.4) is 0 Å². The summed E-state index contributed by atoms with van der Waals surface area (Å²) in [7, 11) is 0. The van der Waals surface area contributed by atoms with Crippen LogP contribution in [-0.4, -0.2) is 9.97 Å². The van der Waals surface area contributed by atoms with E-state index in [2.05, 4.69) is 42.0 Å². The molecule has 0 radical (unpaired) electrons. The number of aromatic amines is 1. The molecule has 3 heteroatoms. The van der Waals surface area contributed by atoms with Crippen LogP contribution in [0.2, 0.25) is 0 Å². The number of nitrogens with zero attached hydrogens (tertiary/aromatic N) is 1. The topological polar surface area (TPSA) is 45.8 Å². The number of benzene rings is 1. The smallest absolute Gasteiger partial charge is 0.254 e. The minimum atomic E-state index is -0.0483. The summed E-state index contributed by atoms with van der Waals surface area (Å²) < 4.78 is 0. The van der Waals surface area contributed by atoms with Crippen LogP contribution in [0, 0.1) is 20.8 Å². The van der Waals surface area contributed by atoms with E-state index < -0.39 is 0 Å². The molecule has 0 atom stereocenters. The largest absolute Gasteiger partial charge is 0.310 e. The van der Waals surface area contributed by atoms with Crippen molar-refractivity contribution in [2.24, 2.45) is 0 Å². The van der Waals surface area contributed by atoms with Crippen LogP contribution >= 0.6 is 0 Å². The highest BCUT2D eigenvalue weighted by Crippen LogP contribution is 2.23. The Bertz CT molecular complexity index is 649. The van der Waals surface area contributed by atoms with Crippen LogP contribution < -0.4 is 5.56 Å². The van der Waals surface area contributed by atoms with Crippen molar-refractivity contribution in [1.29, 1.82) is 0 Å². The highest BCUT2D eigenvalue weighted by Gasteiger charge is 2.12. The molecule has 0 bridgehead atoms. The Labute approximate surface area is 113 Å². The number of hydrogen-bond donors (Lipinski definition) is 1. The maximum absolute atomic E-state index is 12.0. The molecule has 0 aliphatic rings. The number of hydrogen-bond acceptors (Lipinski definition) is 2. The average molecular weight is 256 g/mol. The van der Waals surface area contributed by atoms with E-state index in [1.165, 1.54) is 11.1 Å². The van der Waals surface area contributed by atoms with Gasteiger partial charge in [-0.1, -0.05) is 31.0 Å². The summed E-state index contributed by atoms with van der Waals surface area (Å²) in [6, 6.07) is 6.27. The normalized spacial score (nSPS) is 11.1. The molecule has 0 fully saturated rings. The van der Waals surface area contributed by atoms with E-state index in [9.17, 15) is 4.79 Å². The Kier molecular flexibility index (Phi) is 3.56. The van der Waals surface area contributed by atoms with Crippen molar-refractivity contribution in [3.05, 3.63) is 51.1 Å². The fourth-order valence-corrected chi connectivity index (χ4v) is 2.22. The number of rotatable bonds is 2. The zero-order valence-electron chi connectivity index (χ0n) is 12.2. The molecule has 1 aromatic carbocycles. The highest BCUT2D eigenvalue weighted by atomic mass is 16.1. The molecule has 100 valence electrons. The van der Waals surface area contributed by atoms with Gasteiger partial charge in [-0.3, -0.25) is 4.79 Å². The van der Waals surface area contributed by atoms with Crippen molar-refractivity contribution in [1.82, 2.24) is 9.97 Å². The van der Waals surface area contributed by atoms with E-state index in [1.807, 2.05) is 20.8 Å². The molecule has 0 aliphatic heterocycles. The first kappa shape index (κ1) is 13.5. The second kappa shape index (κ2) is 5.00. The second-order valence-corrected chi connectivity index (χ2v) is 5.46. The lowest BCUT2D eigenvalue weighted by Gasteiger charge is -2.11. The molecule has 3 nitrogen and oxygen atoms in total. The first-order valence-electron chi connectivity index (χ1n) is 6.58. The maximum Gasteiger partial charge on any atom is 0.254 e. The molecular formula is C16H20N2O. The van der Waals surface area contributed by atoms with Gasteiger partial charge in [-0.05, 0) is 32.9 Å². The number of nitrogens with one attached hydrogen (secondary N) is 1. The van der Waals surface area contributed by atoms with Gasteiger partial charge in [0.05, 0.1) is 5.69 Å². The van der Waals surface area contributed by atoms with Gasteiger partial charge in [0, 0.05) is 17.0 Å². The van der Waals surface area contributed by atoms with Crippen LogP contribution in [0.1, 0.15) is 42.3 Å². The van der Waals surface area contributed by atoms with Gasteiger partial charge in [0.15, 0.2) is 0 Å². The lowest BCUT2D eigenvalue weighted by molar-refractivity contribution is 0.765. The Balaban J connectivity index is 2.70. The molecule has 0 spiro atoms. The fraction of sp³-hybridized carbons (Fsp3) is 0.375. The third-order valence-electron chi connectivity index (χ3n) is 3.21. The van der Waals surface area contributed by atoms with Gasteiger partial charge in [0.25, 0.3) is 5.56 Å². The first-order chi connectivity index (χ1) is 8.88. The summed E-state index contributed by atoms with van der Waals surface area (Å²) in [5.74, 6) is 0.947. The summed E-state index contributed by atoms with van der Waals surface area (Å²) in [4.78, 5) is 19.5. The summed E-state index contributed by atoms with van der Waals surface area (Å²) >= 11 is 0. The quantitative estimate of drug-likeness (QED) is 0.894. The molecule has 2 aromatic rings. The van der Waals surface area contributed by atoms with Crippen molar-refractivity contribution in [3.8, 4) is 11.3 Å². The zero-order valence-corrected chi connectivity index (χ0v) is 12.2. The van der Waals surface area contributed by atoms with E-state index in [0.717, 1.165) is 17.1 Å². The number of aromatic nitrogens is 2. The Morgan fingerprint density at radius 3 is 2.16 bits per heavy atom. The zero-order chi connectivity index (χ0) is 14.2. The minimum Gasteiger partial charge on any atom is -0.310 e. The van der Waals surface area contributed by atoms with Crippen molar-refractivity contribution in [2.75, 3.05) is 0 Å². The lowest BCUT2D eigenvalue weighted by atomic mass is 10.0. The van der Waals surface area contributed by atoms with Crippen LogP contribution in [0.25, 0.3) is 11.3 Å². The van der Waals surface area contributed by atoms with Gasteiger partial charge < -0.3 is 4.98 Å². The molecule has 19 heavy (non-hydrogen) atoms. The number of aryl methyl sites for hydroxylation is 2.